The zero-order valence-electron chi connectivity index (χ0n) is 8.81. The van der Waals surface area contributed by atoms with Gasteiger partial charge in [0.1, 0.15) is 0 Å². The third-order valence-corrected chi connectivity index (χ3v) is 4.97. The summed E-state index contributed by atoms with van der Waals surface area (Å²) >= 11 is 3.59. The van der Waals surface area contributed by atoms with Gasteiger partial charge in [0, 0.05) is 5.33 Å². The Labute approximate surface area is 89.9 Å². The van der Waals surface area contributed by atoms with Crippen LogP contribution >= 0.6 is 15.9 Å². The maximum atomic E-state index is 3.59. The number of rotatable bonds is 2. The second-order valence-electron chi connectivity index (χ2n) is 5.39. The molecule has 74 valence electrons. The minimum Gasteiger partial charge on any atom is -0.0922 e. The van der Waals surface area contributed by atoms with Gasteiger partial charge in [0.05, 0.1) is 0 Å². The number of fused-ring (bicyclic) bond motifs is 1. The van der Waals surface area contributed by atoms with Gasteiger partial charge >= 0.3 is 0 Å². The van der Waals surface area contributed by atoms with E-state index in [0.717, 1.165) is 23.1 Å². The van der Waals surface area contributed by atoms with Crippen molar-refractivity contribution in [2.24, 2.45) is 23.2 Å². The fourth-order valence-corrected chi connectivity index (χ4v) is 3.17. The second kappa shape index (κ2) is 3.12. The lowest BCUT2D eigenvalue weighted by molar-refractivity contribution is 0.0856. The highest BCUT2D eigenvalue weighted by Gasteiger charge is 2.45. The molecule has 1 heteroatoms. The number of halogens is 1. The summed E-state index contributed by atoms with van der Waals surface area (Å²) in [7, 11) is 0. The molecule has 0 heterocycles. The van der Waals surface area contributed by atoms with E-state index in [0.29, 0.717) is 5.41 Å². The molecule has 0 spiro atoms. The quantitative estimate of drug-likeness (QED) is 0.507. The maximum absolute atomic E-state index is 3.59. The fraction of sp³-hybridized carbons (Fsp3) is 0.833. The van der Waals surface area contributed by atoms with Gasteiger partial charge in [-0.15, -0.1) is 0 Å². The molecule has 0 aromatic heterocycles. The maximum Gasteiger partial charge on any atom is 0.00944 e. The lowest BCUT2D eigenvalue weighted by Crippen LogP contribution is -2.42. The van der Waals surface area contributed by atoms with Crippen LogP contribution in [0.4, 0.5) is 0 Å². The molecule has 0 amide bonds. The van der Waals surface area contributed by atoms with E-state index in [9.17, 15) is 0 Å². The lowest BCUT2D eigenvalue weighted by Gasteiger charge is -2.52. The van der Waals surface area contributed by atoms with Gasteiger partial charge in [0.2, 0.25) is 0 Å². The van der Waals surface area contributed by atoms with Crippen LogP contribution in [0.5, 0.6) is 0 Å². The van der Waals surface area contributed by atoms with E-state index in [1.807, 2.05) is 0 Å². The molecule has 1 atom stereocenters. The Kier molecular flexibility index (Phi) is 2.34. The van der Waals surface area contributed by atoms with Crippen LogP contribution in [-0.4, -0.2) is 5.33 Å². The van der Waals surface area contributed by atoms with Crippen molar-refractivity contribution in [1.29, 1.82) is 0 Å². The van der Waals surface area contributed by atoms with Crippen molar-refractivity contribution in [3.63, 3.8) is 0 Å². The van der Waals surface area contributed by atoms with Gasteiger partial charge in [-0.3, -0.25) is 0 Å². The average Bonchev–Trinajstić information content (AvgIpc) is 1.97. The fourth-order valence-electron chi connectivity index (χ4n) is 2.80. The Morgan fingerprint density at radius 2 is 2.15 bits per heavy atom. The molecule has 0 aliphatic heterocycles. The molecular formula is C12H19Br. The van der Waals surface area contributed by atoms with Crippen molar-refractivity contribution < 1.29 is 0 Å². The van der Waals surface area contributed by atoms with Crippen LogP contribution in [0.1, 0.15) is 33.6 Å². The highest BCUT2D eigenvalue weighted by atomic mass is 79.9. The number of alkyl halides is 1. The summed E-state index contributed by atoms with van der Waals surface area (Å²) in [5, 5.41) is 1.12. The molecule has 1 saturated carbocycles. The highest BCUT2D eigenvalue weighted by molar-refractivity contribution is 9.09. The molecule has 0 N–H and O–H groups in total. The van der Waals surface area contributed by atoms with Crippen molar-refractivity contribution in [2.75, 3.05) is 5.33 Å². The van der Waals surface area contributed by atoms with E-state index in [-0.39, 0.29) is 0 Å². The van der Waals surface area contributed by atoms with Crippen LogP contribution in [0.3, 0.4) is 0 Å². The van der Waals surface area contributed by atoms with Gasteiger partial charge in [0.15, 0.2) is 0 Å². The molecule has 2 bridgehead atoms. The largest absolute Gasteiger partial charge is 0.0922 e. The zero-order valence-corrected chi connectivity index (χ0v) is 10.4. The van der Waals surface area contributed by atoms with Crippen LogP contribution in [0.15, 0.2) is 11.6 Å². The standard InChI is InChI=1S/C12H19Br/c1-8(7-13)11-6-12(2,3)10-4-9(11)5-10/h6,8-10H,4-5,7H2,1-3H3. The van der Waals surface area contributed by atoms with Gasteiger partial charge in [-0.1, -0.05) is 48.4 Å². The van der Waals surface area contributed by atoms with Crippen LogP contribution < -0.4 is 0 Å². The van der Waals surface area contributed by atoms with E-state index in [2.05, 4.69) is 42.8 Å². The van der Waals surface area contributed by atoms with Crippen molar-refractivity contribution in [3.05, 3.63) is 11.6 Å². The predicted octanol–water partition coefficient (Wildman–Crippen LogP) is 4.01. The number of hydrogen-bond donors (Lipinski definition) is 0. The minimum absolute atomic E-state index is 0.473. The van der Waals surface area contributed by atoms with E-state index >= 15 is 0 Å². The normalized spacial score (nSPS) is 37.7. The predicted molar refractivity (Wildman–Crippen MR) is 61.0 cm³/mol. The molecule has 1 fully saturated rings. The van der Waals surface area contributed by atoms with E-state index < -0.39 is 0 Å². The van der Waals surface area contributed by atoms with Gasteiger partial charge in [0.25, 0.3) is 0 Å². The Bertz CT molecular complexity index is 234. The smallest absolute Gasteiger partial charge is 0.00944 e. The van der Waals surface area contributed by atoms with Crippen molar-refractivity contribution in [2.45, 2.75) is 33.6 Å². The van der Waals surface area contributed by atoms with Crippen LogP contribution in [0, 0.1) is 23.2 Å². The molecule has 3 rings (SSSR count). The summed E-state index contributed by atoms with van der Waals surface area (Å²) in [4.78, 5) is 0. The molecule has 0 radical (unpaired) electrons. The third-order valence-electron chi connectivity index (χ3n) is 4.00. The van der Waals surface area contributed by atoms with Gasteiger partial charge in [-0.2, -0.15) is 0 Å². The Morgan fingerprint density at radius 1 is 1.54 bits per heavy atom. The van der Waals surface area contributed by atoms with E-state index in [4.69, 9.17) is 0 Å². The van der Waals surface area contributed by atoms with E-state index in [1.165, 1.54) is 12.8 Å². The molecule has 0 aromatic carbocycles. The second-order valence-corrected chi connectivity index (χ2v) is 6.03. The summed E-state index contributed by atoms with van der Waals surface area (Å²) in [5.41, 5.74) is 2.20. The topological polar surface area (TPSA) is 0 Å². The average molecular weight is 243 g/mol. The van der Waals surface area contributed by atoms with Gasteiger partial charge in [-0.05, 0) is 36.0 Å². The number of hydrogen-bond acceptors (Lipinski definition) is 0. The van der Waals surface area contributed by atoms with Crippen molar-refractivity contribution >= 4 is 15.9 Å². The number of allylic oxidation sites excluding steroid dienone is 2. The molecular weight excluding hydrogens is 224 g/mol. The monoisotopic (exact) mass is 242 g/mol. The molecule has 0 aromatic rings. The highest BCUT2D eigenvalue weighted by Crippen LogP contribution is 2.55. The van der Waals surface area contributed by atoms with E-state index in [1.54, 1.807) is 5.57 Å². The van der Waals surface area contributed by atoms with Crippen molar-refractivity contribution in [3.8, 4) is 0 Å². The SMILES string of the molecule is CC(CBr)C1=CC(C)(C)C2CC1C2. The summed E-state index contributed by atoms with van der Waals surface area (Å²) in [6, 6.07) is 0. The van der Waals surface area contributed by atoms with Gasteiger partial charge < -0.3 is 0 Å². The zero-order chi connectivity index (χ0) is 9.64. The Morgan fingerprint density at radius 3 is 2.62 bits per heavy atom. The molecule has 3 aliphatic carbocycles. The summed E-state index contributed by atoms with van der Waals surface area (Å²) < 4.78 is 0. The molecule has 0 nitrogen and oxygen atoms in total. The first-order valence-electron chi connectivity index (χ1n) is 5.33. The molecule has 1 unspecified atom stereocenters. The third kappa shape index (κ3) is 1.49. The van der Waals surface area contributed by atoms with Crippen molar-refractivity contribution in [1.82, 2.24) is 0 Å². The first kappa shape index (κ1) is 9.76. The van der Waals surface area contributed by atoms with Gasteiger partial charge in [-0.25, -0.2) is 0 Å². The Balaban J connectivity index is 2.23. The Hall–Kier alpha value is 0.220. The minimum atomic E-state index is 0.473. The van der Waals surface area contributed by atoms with Crippen LogP contribution in [-0.2, 0) is 0 Å². The summed E-state index contributed by atoms with van der Waals surface area (Å²) in [6.45, 7) is 7.14. The molecule has 13 heavy (non-hydrogen) atoms. The molecule has 3 aliphatic rings. The first-order chi connectivity index (χ1) is 6.04. The van der Waals surface area contributed by atoms with Crippen LogP contribution in [0.2, 0.25) is 0 Å². The molecule has 0 saturated heterocycles. The summed E-state index contributed by atoms with van der Waals surface area (Å²) in [6.07, 6.45) is 5.47. The summed E-state index contributed by atoms with van der Waals surface area (Å²) in [5.74, 6) is 2.65. The van der Waals surface area contributed by atoms with Crippen LogP contribution in [0.25, 0.3) is 0 Å². The lowest BCUT2D eigenvalue weighted by atomic mass is 9.53. The first-order valence-corrected chi connectivity index (χ1v) is 6.45.